The maximum absolute atomic E-state index is 11.8. The summed E-state index contributed by atoms with van der Waals surface area (Å²) in [4.78, 5) is 3.69. The van der Waals surface area contributed by atoms with Crippen LogP contribution in [-0.2, 0) is 0 Å². The molecule has 0 amide bonds. The Bertz CT molecular complexity index is 143. The molecule has 1 heterocycles. The molecule has 0 aromatic rings. The van der Waals surface area contributed by atoms with Crippen LogP contribution in [0.4, 0.5) is 17.6 Å². The molecule has 1 unspecified atom stereocenters. The molecule has 0 saturated heterocycles. The van der Waals surface area contributed by atoms with Crippen LogP contribution in [0.2, 0.25) is 0 Å². The van der Waals surface area contributed by atoms with Gasteiger partial charge in [-0.2, -0.15) is 8.78 Å². The van der Waals surface area contributed by atoms with Crippen molar-refractivity contribution in [3.8, 4) is 0 Å². The van der Waals surface area contributed by atoms with E-state index in [1.807, 2.05) is 0 Å². The summed E-state index contributed by atoms with van der Waals surface area (Å²) in [6.45, 7) is -3.13. The molecule has 0 bridgehead atoms. The zero-order valence-electron chi connectivity index (χ0n) is 5.42. The molecule has 0 saturated carbocycles. The van der Waals surface area contributed by atoms with E-state index in [9.17, 15) is 17.6 Å². The Hall–Kier alpha value is -0.810. The van der Waals surface area contributed by atoms with Gasteiger partial charge in [0.2, 0.25) is 0 Å². The Kier molecular flexibility index (Phi) is 2.31. The molecule has 1 rings (SSSR count). The summed E-state index contributed by atoms with van der Waals surface area (Å²) in [5, 5.41) is 0. The van der Waals surface area contributed by atoms with E-state index in [2.05, 4.69) is 4.99 Å². The lowest BCUT2D eigenvalue weighted by Crippen LogP contribution is -2.30. The van der Waals surface area contributed by atoms with Crippen molar-refractivity contribution in [3.63, 3.8) is 0 Å². The highest BCUT2D eigenvalue weighted by Crippen LogP contribution is 2.14. The molecule has 0 aliphatic carbocycles. The van der Waals surface area contributed by atoms with E-state index in [1.54, 1.807) is 0 Å². The largest absolute Gasteiger partial charge is 0.316 e. The first kappa shape index (κ1) is 8.29. The van der Waals surface area contributed by atoms with E-state index in [0.717, 1.165) is 6.34 Å². The van der Waals surface area contributed by atoms with Gasteiger partial charge in [-0.1, -0.05) is 0 Å². The number of aliphatic imine (C=N–C) groups is 1. The monoisotopic (exact) mass is 170 g/mol. The molecule has 0 spiro atoms. The smallest absolute Gasteiger partial charge is 0.304 e. The van der Waals surface area contributed by atoms with Crippen LogP contribution in [0.5, 0.6) is 0 Å². The molecule has 64 valence electrons. The molecule has 1 aliphatic heterocycles. The fourth-order valence-electron chi connectivity index (χ4n) is 0.756. The third-order valence-corrected chi connectivity index (χ3v) is 1.35. The summed E-state index contributed by atoms with van der Waals surface area (Å²) in [7, 11) is 0. The van der Waals surface area contributed by atoms with E-state index in [1.165, 1.54) is 0 Å². The van der Waals surface area contributed by atoms with Gasteiger partial charge in [-0.25, -0.2) is 8.78 Å². The minimum absolute atomic E-state index is 0.394. The Balaban J connectivity index is 2.43. The fraction of sp³-hybridized carbons (Fsp3) is 0.800. The lowest BCUT2D eigenvalue weighted by Gasteiger charge is -2.13. The van der Waals surface area contributed by atoms with Crippen molar-refractivity contribution in [1.29, 1.82) is 0 Å². The van der Waals surface area contributed by atoms with Crippen LogP contribution in [0.3, 0.4) is 0 Å². The Morgan fingerprint density at radius 3 is 2.27 bits per heavy atom. The van der Waals surface area contributed by atoms with Gasteiger partial charge in [0.05, 0.1) is 12.9 Å². The summed E-state index contributed by atoms with van der Waals surface area (Å²) in [6, 6.07) is -1.29. The van der Waals surface area contributed by atoms with Crippen LogP contribution in [0.1, 0.15) is 0 Å². The molecule has 6 heteroatoms. The molecule has 0 fully saturated rings. The number of hydrogen-bond donors (Lipinski definition) is 0. The standard InChI is InChI=1S/C5H6F4N2/c6-4(7)3-1-11(2-10-3)5(8)9/h2-5H,1H2. The number of nitrogens with zero attached hydrogens (tertiary/aromatic N) is 2. The van der Waals surface area contributed by atoms with Gasteiger partial charge in [-0.15, -0.1) is 0 Å². The van der Waals surface area contributed by atoms with Gasteiger partial charge >= 0.3 is 6.55 Å². The molecule has 11 heavy (non-hydrogen) atoms. The van der Waals surface area contributed by atoms with Crippen molar-refractivity contribution in [3.05, 3.63) is 0 Å². The molecular weight excluding hydrogens is 164 g/mol. The van der Waals surface area contributed by atoms with E-state index in [-0.39, 0.29) is 0 Å². The molecule has 0 aromatic carbocycles. The normalized spacial score (nSPS) is 24.2. The lowest BCUT2D eigenvalue weighted by molar-refractivity contribution is 0.0173. The van der Waals surface area contributed by atoms with Crippen LogP contribution in [0, 0.1) is 0 Å². The summed E-state index contributed by atoms with van der Waals surface area (Å²) in [5.41, 5.74) is 0. The number of rotatable bonds is 2. The van der Waals surface area contributed by atoms with Crippen molar-refractivity contribution in [2.24, 2.45) is 4.99 Å². The SMILES string of the molecule is FC(F)C1CN(C(F)F)C=N1. The summed E-state index contributed by atoms with van der Waals surface area (Å²) >= 11 is 0. The molecule has 0 N–H and O–H groups in total. The minimum Gasteiger partial charge on any atom is -0.304 e. The van der Waals surface area contributed by atoms with E-state index >= 15 is 0 Å². The fourth-order valence-corrected chi connectivity index (χ4v) is 0.756. The Morgan fingerprint density at radius 2 is 2.00 bits per heavy atom. The van der Waals surface area contributed by atoms with Crippen molar-refractivity contribution in [2.75, 3.05) is 6.54 Å². The van der Waals surface area contributed by atoms with Crippen LogP contribution < -0.4 is 0 Å². The van der Waals surface area contributed by atoms with Crippen molar-refractivity contribution in [1.82, 2.24) is 4.90 Å². The Morgan fingerprint density at radius 1 is 1.36 bits per heavy atom. The highest BCUT2D eigenvalue weighted by atomic mass is 19.3. The zero-order valence-corrected chi connectivity index (χ0v) is 5.42. The number of hydrogen-bond acceptors (Lipinski definition) is 2. The topological polar surface area (TPSA) is 15.6 Å². The first-order chi connectivity index (χ1) is 5.11. The average molecular weight is 170 g/mol. The highest BCUT2D eigenvalue weighted by molar-refractivity contribution is 5.58. The van der Waals surface area contributed by atoms with E-state index in [4.69, 9.17) is 0 Å². The predicted molar refractivity (Wildman–Crippen MR) is 31.0 cm³/mol. The maximum Gasteiger partial charge on any atom is 0.316 e. The zero-order chi connectivity index (χ0) is 8.43. The van der Waals surface area contributed by atoms with Crippen molar-refractivity contribution < 1.29 is 17.6 Å². The molecule has 0 aromatic heterocycles. The first-order valence-corrected chi connectivity index (χ1v) is 2.96. The van der Waals surface area contributed by atoms with E-state index in [0.29, 0.717) is 4.90 Å². The first-order valence-electron chi connectivity index (χ1n) is 2.96. The van der Waals surface area contributed by atoms with Crippen LogP contribution >= 0.6 is 0 Å². The summed E-state index contributed by atoms with van der Waals surface area (Å²) in [6.07, 6.45) is -1.89. The second-order valence-electron chi connectivity index (χ2n) is 2.14. The second kappa shape index (κ2) is 3.06. The van der Waals surface area contributed by atoms with Crippen molar-refractivity contribution in [2.45, 2.75) is 19.0 Å². The lowest BCUT2D eigenvalue weighted by atomic mass is 10.3. The summed E-state index contributed by atoms with van der Waals surface area (Å²) < 4.78 is 47.1. The number of halogens is 4. The third-order valence-electron chi connectivity index (χ3n) is 1.35. The molecule has 1 aliphatic rings. The third kappa shape index (κ3) is 1.81. The molecule has 1 atom stereocenters. The minimum atomic E-state index is -2.73. The quantitative estimate of drug-likeness (QED) is 0.449. The van der Waals surface area contributed by atoms with Crippen LogP contribution in [0.15, 0.2) is 4.99 Å². The van der Waals surface area contributed by atoms with Crippen molar-refractivity contribution >= 4 is 6.34 Å². The second-order valence-corrected chi connectivity index (χ2v) is 2.14. The predicted octanol–water partition coefficient (Wildman–Crippen LogP) is 1.19. The van der Waals surface area contributed by atoms with Gasteiger partial charge in [0.1, 0.15) is 6.04 Å². The van der Waals surface area contributed by atoms with Crippen LogP contribution in [0.25, 0.3) is 0 Å². The molecule has 0 radical (unpaired) electrons. The van der Waals surface area contributed by atoms with Gasteiger partial charge in [-0.05, 0) is 0 Å². The number of alkyl halides is 4. The maximum atomic E-state index is 11.8. The van der Waals surface area contributed by atoms with Gasteiger partial charge in [0, 0.05) is 0 Å². The molecule has 2 nitrogen and oxygen atoms in total. The average Bonchev–Trinajstić information content (AvgIpc) is 2.33. The van der Waals surface area contributed by atoms with E-state index < -0.39 is 25.6 Å². The van der Waals surface area contributed by atoms with Gasteiger partial charge in [-0.3, -0.25) is 4.99 Å². The summed E-state index contributed by atoms with van der Waals surface area (Å²) in [5.74, 6) is 0. The van der Waals surface area contributed by atoms with Gasteiger partial charge in [0.25, 0.3) is 6.43 Å². The Labute approximate surface area is 60.5 Å². The van der Waals surface area contributed by atoms with Gasteiger partial charge < -0.3 is 4.90 Å². The van der Waals surface area contributed by atoms with Gasteiger partial charge in [0.15, 0.2) is 0 Å². The van der Waals surface area contributed by atoms with Crippen LogP contribution in [-0.4, -0.2) is 36.8 Å². The molecular formula is C5H6F4N2. The highest BCUT2D eigenvalue weighted by Gasteiger charge is 2.29.